The second-order valence-electron chi connectivity index (χ2n) is 7.43. The van der Waals surface area contributed by atoms with Gasteiger partial charge in [0.05, 0.1) is 30.6 Å². The molecule has 1 aliphatic heterocycles. The van der Waals surface area contributed by atoms with Gasteiger partial charge in [0, 0.05) is 31.3 Å². The van der Waals surface area contributed by atoms with E-state index in [0.717, 1.165) is 16.8 Å². The van der Waals surface area contributed by atoms with Gasteiger partial charge in [0.15, 0.2) is 0 Å². The molecule has 30 heavy (non-hydrogen) atoms. The summed E-state index contributed by atoms with van der Waals surface area (Å²) in [5.41, 5.74) is 3.59. The number of nitrogens with zero attached hydrogens (tertiary/aromatic N) is 3. The van der Waals surface area contributed by atoms with E-state index in [-0.39, 0.29) is 18.2 Å². The van der Waals surface area contributed by atoms with Gasteiger partial charge in [-0.1, -0.05) is 24.3 Å². The standard InChI is InChI=1S/C23H24N4O3/c1-16-8-9-21(30-2)20(10-16)26-15-18(11-22(26)28)23(29)24-12-17-13-25-27(14-17)19-6-4-3-5-7-19/h3-10,13-14,18H,11-12,15H2,1-2H3,(H,24,29). The summed E-state index contributed by atoms with van der Waals surface area (Å²) in [7, 11) is 1.58. The molecule has 0 spiro atoms. The SMILES string of the molecule is COc1ccc(C)cc1N1CC(C(=O)NCc2cnn(-c3ccccc3)c2)CC1=O. The largest absolute Gasteiger partial charge is 0.495 e. The molecule has 1 fully saturated rings. The van der Waals surface area contributed by atoms with E-state index in [1.165, 1.54) is 0 Å². The van der Waals surface area contributed by atoms with Gasteiger partial charge < -0.3 is 15.0 Å². The lowest BCUT2D eigenvalue weighted by molar-refractivity contribution is -0.126. The van der Waals surface area contributed by atoms with Crippen molar-refractivity contribution in [3.05, 3.63) is 72.1 Å². The number of aromatic nitrogens is 2. The maximum Gasteiger partial charge on any atom is 0.227 e. The summed E-state index contributed by atoms with van der Waals surface area (Å²) in [4.78, 5) is 26.9. The van der Waals surface area contributed by atoms with Crippen LogP contribution in [0.3, 0.4) is 0 Å². The zero-order valence-corrected chi connectivity index (χ0v) is 17.0. The fourth-order valence-corrected chi connectivity index (χ4v) is 3.63. The van der Waals surface area contributed by atoms with Gasteiger partial charge in [-0.05, 0) is 36.8 Å². The maximum atomic E-state index is 12.7. The van der Waals surface area contributed by atoms with Crippen molar-refractivity contribution in [1.82, 2.24) is 15.1 Å². The van der Waals surface area contributed by atoms with Crippen molar-refractivity contribution < 1.29 is 14.3 Å². The summed E-state index contributed by atoms with van der Waals surface area (Å²) < 4.78 is 7.17. The predicted octanol–water partition coefficient (Wildman–Crippen LogP) is 2.86. The third-order valence-corrected chi connectivity index (χ3v) is 5.24. The van der Waals surface area contributed by atoms with E-state index in [2.05, 4.69) is 10.4 Å². The Labute approximate surface area is 175 Å². The summed E-state index contributed by atoms with van der Waals surface area (Å²) in [6, 6.07) is 15.5. The summed E-state index contributed by atoms with van der Waals surface area (Å²) in [6.07, 6.45) is 3.81. The molecule has 0 bridgehead atoms. The first-order chi connectivity index (χ1) is 14.5. The number of aryl methyl sites for hydroxylation is 1. The zero-order valence-electron chi connectivity index (χ0n) is 17.0. The molecular weight excluding hydrogens is 380 g/mol. The molecule has 1 N–H and O–H groups in total. The van der Waals surface area contributed by atoms with Crippen LogP contribution in [-0.2, 0) is 16.1 Å². The van der Waals surface area contributed by atoms with Crippen molar-refractivity contribution in [2.24, 2.45) is 5.92 Å². The third-order valence-electron chi connectivity index (χ3n) is 5.24. The normalized spacial score (nSPS) is 16.0. The minimum absolute atomic E-state index is 0.0732. The van der Waals surface area contributed by atoms with E-state index >= 15 is 0 Å². The number of methoxy groups -OCH3 is 1. The molecule has 4 rings (SSSR count). The molecule has 7 nitrogen and oxygen atoms in total. The molecule has 154 valence electrons. The Morgan fingerprint density at radius 3 is 2.80 bits per heavy atom. The van der Waals surface area contributed by atoms with E-state index in [1.807, 2.05) is 61.7 Å². The number of carbonyl (C=O) groups excluding carboxylic acids is 2. The van der Waals surface area contributed by atoms with Crippen molar-refractivity contribution in [1.29, 1.82) is 0 Å². The second-order valence-corrected chi connectivity index (χ2v) is 7.43. The van der Waals surface area contributed by atoms with Crippen LogP contribution in [0.4, 0.5) is 5.69 Å². The minimum Gasteiger partial charge on any atom is -0.495 e. The number of rotatable bonds is 6. The molecule has 1 aromatic heterocycles. The van der Waals surface area contributed by atoms with Gasteiger partial charge in [0.1, 0.15) is 5.75 Å². The summed E-state index contributed by atoms with van der Waals surface area (Å²) in [5, 5.41) is 7.28. The number of ether oxygens (including phenoxy) is 1. The number of amides is 2. The monoisotopic (exact) mass is 404 g/mol. The molecule has 1 unspecified atom stereocenters. The molecule has 7 heteroatoms. The number of hydrogen-bond donors (Lipinski definition) is 1. The number of para-hydroxylation sites is 1. The highest BCUT2D eigenvalue weighted by Crippen LogP contribution is 2.33. The average molecular weight is 404 g/mol. The van der Waals surface area contributed by atoms with Gasteiger partial charge in [-0.2, -0.15) is 5.10 Å². The van der Waals surface area contributed by atoms with Gasteiger partial charge >= 0.3 is 0 Å². The van der Waals surface area contributed by atoms with Crippen LogP contribution >= 0.6 is 0 Å². The van der Waals surface area contributed by atoms with E-state index in [1.54, 1.807) is 22.9 Å². The molecule has 2 aromatic carbocycles. The highest BCUT2D eigenvalue weighted by Gasteiger charge is 2.36. The van der Waals surface area contributed by atoms with E-state index < -0.39 is 5.92 Å². The van der Waals surface area contributed by atoms with Crippen LogP contribution in [0, 0.1) is 12.8 Å². The number of anilines is 1. The fraction of sp³-hybridized carbons (Fsp3) is 0.261. The first-order valence-corrected chi connectivity index (χ1v) is 9.87. The average Bonchev–Trinajstić information content (AvgIpc) is 3.39. The minimum atomic E-state index is -0.396. The maximum absolute atomic E-state index is 12.7. The fourth-order valence-electron chi connectivity index (χ4n) is 3.63. The van der Waals surface area contributed by atoms with Crippen molar-refractivity contribution in [2.45, 2.75) is 19.9 Å². The Balaban J connectivity index is 1.39. The van der Waals surface area contributed by atoms with E-state index in [0.29, 0.717) is 24.5 Å². The first-order valence-electron chi connectivity index (χ1n) is 9.87. The lowest BCUT2D eigenvalue weighted by atomic mass is 10.1. The number of carbonyl (C=O) groups is 2. The first kappa shape index (κ1) is 19.7. The van der Waals surface area contributed by atoms with Crippen LogP contribution < -0.4 is 15.0 Å². The van der Waals surface area contributed by atoms with Gasteiger partial charge in [-0.3, -0.25) is 9.59 Å². The molecule has 3 aromatic rings. The van der Waals surface area contributed by atoms with Crippen LogP contribution in [0.5, 0.6) is 5.75 Å². The van der Waals surface area contributed by atoms with Gasteiger partial charge in [-0.25, -0.2) is 4.68 Å². The second kappa shape index (κ2) is 8.41. The quantitative estimate of drug-likeness (QED) is 0.685. The van der Waals surface area contributed by atoms with E-state index in [4.69, 9.17) is 4.74 Å². The van der Waals surface area contributed by atoms with Crippen molar-refractivity contribution in [3.8, 4) is 11.4 Å². The summed E-state index contributed by atoms with van der Waals surface area (Å²) in [6.45, 7) is 2.67. The molecule has 1 aliphatic rings. The molecule has 0 aliphatic carbocycles. The molecule has 2 amide bonds. The van der Waals surface area contributed by atoms with Crippen molar-refractivity contribution in [2.75, 3.05) is 18.6 Å². The van der Waals surface area contributed by atoms with Crippen molar-refractivity contribution >= 4 is 17.5 Å². The van der Waals surface area contributed by atoms with Gasteiger partial charge in [0.25, 0.3) is 0 Å². The highest BCUT2D eigenvalue weighted by molar-refractivity contribution is 6.01. The third kappa shape index (κ3) is 4.05. The lowest BCUT2D eigenvalue weighted by Crippen LogP contribution is -2.32. The van der Waals surface area contributed by atoms with Crippen LogP contribution in [0.2, 0.25) is 0 Å². The smallest absolute Gasteiger partial charge is 0.227 e. The molecule has 2 heterocycles. The predicted molar refractivity (Wildman–Crippen MR) is 114 cm³/mol. The number of benzene rings is 2. The molecule has 0 saturated carbocycles. The Kier molecular flexibility index (Phi) is 5.52. The highest BCUT2D eigenvalue weighted by atomic mass is 16.5. The Hall–Kier alpha value is -3.61. The Bertz CT molecular complexity index is 1060. The summed E-state index contributed by atoms with van der Waals surface area (Å²) in [5.74, 6) is 0.0242. The zero-order chi connectivity index (χ0) is 21.1. The van der Waals surface area contributed by atoms with Gasteiger partial charge in [-0.15, -0.1) is 0 Å². The molecule has 1 saturated heterocycles. The molecule has 0 radical (unpaired) electrons. The molecular formula is C23H24N4O3. The Morgan fingerprint density at radius 1 is 1.23 bits per heavy atom. The van der Waals surface area contributed by atoms with Crippen LogP contribution in [0.15, 0.2) is 60.9 Å². The molecule has 1 atom stereocenters. The number of hydrogen-bond acceptors (Lipinski definition) is 4. The van der Waals surface area contributed by atoms with Crippen molar-refractivity contribution in [3.63, 3.8) is 0 Å². The van der Waals surface area contributed by atoms with Crippen LogP contribution in [-0.4, -0.2) is 35.2 Å². The lowest BCUT2D eigenvalue weighted by Gasteiger charge is -2.20. The van der Waals surface area contributed by atoms with Gasteiger partial charge in [0.2, 0.25) is 11.8 Å². The van der Waals surface area contributed by atoms with Crippen LogP contribution in [0.25, 0.3) is 5.69 Å². The summed E-state index contributed by atoms with van der Waals surface area (Å²) >= 11 is 0. The number of nitrogens with one attached hydrogen (secondary N) is 1. The van der Waals surface area contributed by atoms with E-state index in [9.17, 15) is 9.59 Å². The topological polar surface area (TPSA) is 76.5 Å². The van der Waals surface area contributed by atoms with Crippen LogP contribution in [0.1, 0.15) is 17.5 Å². The Morgan fingerprint density at radius 2 is 2.03 bits per heavy atom.